The van der Waals surface area contributed by atoms with Gasteiger partial charge in [-0.15, -0.1) is 0 Å². The second-order valence-electron chi connectivity index (χ2n) is 5.18. The number of amidine groups is 1. The Hall–Kier alpha value is -1.07. The quantitative estimate of drug-likeness (QED) is 0.771. The van der Waals surface area contributed by atoms with Gasteiger partial charge >= 0.3 is 0 Å². The zero-order valence-electron chi connectivity index (χ0n) is 11.1. The van der Waals surface area contributed by atoms with Crippen molar-refractivity contribution in [1.82, 2.24) is 10.2 Å². The van der Waals surface area contributed by atoms with Crippen LogP contribution in [0.2, 0.25) is 0 Å². The molecule has 5 heteroatoms. The average Bonchev–Trinajstić information content (AvgIpc) is 2.58. The molecule has 0 amide bonds. The molecule has 0 aliphatic carbocycles. The van der Waals surface area contributed by atoms with Crippen LogP contribution in [0.1, 0.15) is 13.3 Å². The van der Waals surface area contributed by atoms with Crippen molar-refractivity contribution in [3.63, 3.8) is 0 Å². The summed E-state index contributed by atoms with van der Waals surface area (Å²) in [6, 6.07) is 6.66. The molecular weight excluding hydrogens is 304 g/mol. The first kappa shape index (κ1) is 12.9. The van der Waals surface area contributed by atoms with Gasteiger partial charge in [0.25, 0.3) is 0 Å². The minimum Gasteiger partial charge on any atom is -0.380 e. The fourth-order valence-electron chi connectivity index (χ4n) is 2.62. The highest BCUT2D eigenvalue weighted by atomic mass is 79.9. The van der Waals surface area contributed by atoms with Crippen molar-refractivity contribution in [2.75, 3.05) is 31.5 Å². The summed E-state index contributed by atoms with van der Waals surface area (Å²) in [4.78, 5) is 7.30. The van der Waals surface area contributed by atoms with Crippen molar-refractivity contribution < 1.29 is 0 Å². The van der Waals surface area contributed by atoms with Crippen molar-refractivity contribution in [2.45, 2.75) is 19.4 Å². The van der Waals surface area contributed by atoms with Gasteiger partial charge < -0.3 is 15.5 Å². The van der Waals surface area contributed by atoms with Crippen LogP contribution in [0.4, 0.5) is 11.4 Å². The van der Waals surface area contributed by atoms with E-state index in [1.807, 2.05) is 0 Å². The fourth-order valence-corrected chi connectivity index (χ4v) is 2.97. The van der Waals surface area contributed by atoms with E-state index in [-0.39, 0.29) is 0 Å². The molecule has 1 unspecified atom stereocenters. The van der Waals surface area contributed by atoms with E-state index in [1.165, 1.54) is 5.84 Å². The molecule has 1 saturated heterocycles. The van der Waals surface area contributed by atoms with Gasteiger partial charge in [-0.05, 0) is 25.1 Å². The zero-order valence-corrected chi connectivity index (χ0v) is 12.7. The Morgan fingerprint density at radius 3 is 2.89 bits per heavy atom. The first-order valence-corrected chi connectivity index (χ1v) is 7.61. The van der Waals surface area contributed by atoms with Crippen LogP contribution in [0.15, 0.2) is 27.7 Å². The van der Waals surface area contributed by atoms with Crippen LogP contribution < -0.4 is 10.6 Å². The molecule has 2 heterocycles. The number of hydrogen-bond acceptors (Lipinski definition) is 4. The van der Waals surface area contributed by atoms with Gasteiger partial charge in [-0.3, -0.25) is 0 Å². The molecule has 0 saturated carbocycles. The molecule has 4 nitrogen and oxygen atoms in total. The largest absolute Gasteiger partial charge is 0.380 e. The van der Waals surface area contributed by atoms with E-state index >= 15 is 0 Å². The van der Waals surface area contributed by atoms with Gasteiger partial charge in [0.2, 0.25) is 0 Å². The number of nitrogens with zero attached hydrogens (tertiary/aromatic N) is 2. The molecule has 0 bridgehead atoms. The molecule has 0 aromatic heterocycles. The first-order chi connectivity index (χ1) is 9.22. The van der Waals surface area contributed by atoms with Crippen LogP contribution in [0.3, 0.4) is 0 Å². The van der Waals surface area contributed by atoms with Crippen molar-refractivity contribution in [2.24, 2.45) is 4.99 Å². The maximum absolute atomic E-state index is 4.90. The smallest absolute Gasteiger partial charge is 0.107 e. The summed E-state index contributed by atoms with van der Waals surface area (Å²) in [5, 5.41) is 6.93. The lowest BCUT2D eigenvalue weighted by atomic mass is 10.2. The van der Waals surface area contributed by atoms with E-state index in [9.17, 15) is 0 Å². The molecule has 2 aliphatic heterocycles. The highest BCUT2D eigenvalue weighted by Crippen LogP contribution is 2.32. The first-order valence-electron chi connectivity index (χ1n) is 6.82. The SMILES string of the molecule is CC1CC(N2CCNCC2)=Nc2cc(Br)ccc2N1. The number of fused-ring (bicyclic) bond motifs is 1. The minimum atomic E-state index is 0.413. The number of piperazine rings is 1. The lowest BCUT2D eigenvalue weighted by Crippen LogP contribution is -2.47. The summed E-state index contributed by atoms with van der Waals surface area (Å²) >= 11 is 3.53. The van der Waals surface area contributed by atoms with E-state index in [2.05, 4.69) is 56.6 Å². The number of anilines is 1. The van der Waals surface area contributed by atoms with Crippen LogP contribution in [0.25, 0.3) is 0 Å². The Labute approximate surface area is 122 Å². The number of hydrogen-bond donors (Lipinski definition) is 2. The summed E-state index contributed by atoms with van der Waals surface area (Å²) < 4.78 is 1.08. The molecule has 1 aromatic rings. The van der Waals surface area contributed by atoms with E-state index < -0.39 is 0 Å². The van der Waals surface area contributed by atoms with E-state index in [1.54, 1.807) is 0 Å². The molecule has 2 aliphatic rings. The third-order valence-corrected chi connectivity index (χ3v) is 4.08. The van der Waals surface area contributed by atoms with Crippen molar-refractivity contribution in [3.8, 4) is 0 Å². The number of benzene rings is 1. The zero-order chi connectivity index (χ0) is 13.2. The molecule has 2 N–H and O–H groups in total. The Morgan fingerprint density at radius 2 is 2.11 bits per heavy atom. The van der Waals surface area contributed by atoms with Gasteiger partial charge in [-0.25, -0.2) is 4.99 Å². The molecule has 102 valence electrons. The standard InChI is InChI=1S/C14H19BrN4/c1-10-8-14(19-6-4-16-5-7-19)18-13-9-11(15)2-3-12(13)17-10/h2-3,9-10,16-17H,4-8H2,1H3. The van der Waals surface area contributed by atoms with E-state index in [0.29, 0.717) is 6.04 Å². The Bertz CT molecular complexity index is 494. The number of rotatable bonds is 0. The van der Waals surface area contributed by atoms with E-state index in [0.717, 1.165) is 48.4 Å². The number of halogens is 1. The Kier molecular flexibility index (Phi) is 3.75. The molecule has 3 rings (SSSR count). The number of nitrogens with one attached hydrogen (secondary N) is 2. The van der Waals surface area contributed by atoms with Crippen LogP contribution >= 0.6 is 15.9 Å². The summed E-state index contributed by atoms with van der Waals surface area (Å²) in [6.45, 7) is 6.41. The molecule has 19 heavy (non-hydrogen) atoms. The van der Waals surface area contributed by atoms with Gasteiger partial charge in [0.05, 0.1) is 11.4 Å². The lowest BCUT2D eigenvalue weighted by molar-refractivity contribution is 0.350. The van der Waals surface area contributed by atoms with Crippen LogP contribution in [-0.4, -0.2) is 43.0 Å². The monoisotopic (exact) mass is 322 g/mol. The molecule has 0 radical (unpaired) electrons. The second-order valence-corrected chi connectivity index (χ2v) is 6.09. The Balaban J connectivity index is 1.94. The topological polar surface area (TPSA) is 39.7 Å². The van der Waals surface area contributed by atoms with Gasteiger partial charge in [-0.2, -0.15) is 0 Å². The summed E-state index contributed by atoms with van der Waals surface area (Å²) in [5.41, 5.74) is 2.16. The predicted octanol–water partition coefficient (Wildman–Crippen LogP) is 2.59. The minimum absolute atomic E-state index is 0.413. The summed E-state index contributed by atoms with van der Waals surface area (Å²) in [7, 11) is 0. The Morgan fingerprint density at radius 1 is 1.32 bits per heavy atom. The van der Waals surface area contributed by atoms with Crippen molar-refractivity contribution in [1.29, 1.82) is 0 Å². The van der Waals surface area contributed by atoms with Crippen molar-refractivity contribution >= 4 is 33.1 Å². The van der Waals surface area contributed by atoms with Gasteiger partial charge in [0.1, 0.15) is 5.84 Å². The van der Waals surface area contributed by atoms with Crippen LogP contribution in [0, 0.1) is 0 Å². The van der Waals surface area contributed by atoms with E-state index in [4.69, 9.17) is 4.99 Å². The maximum atomic E-state index is 4.90. The van der Waals surface area contributed by atoms with Gasteiger partial charge in [-0.1, -0.05) is 15.9 Å². The molecular formula is C14H19BrN4. The highest BCUT2D eigenvalue weighted by Gasteiger charge is 2.20. The molecule has 1 aromatic carbocycles. The second kappa shape index (κ2) is 5.51. The van der Waals surface area contributed by atoms with Crippen LogP contribution in [-0.2, 0) is 0 Å². The summed E-state index contributed by atoms with van der Waals surface area (Å²) in [5.74, 6) is 1.21. The van der Waals surface area contributed by atoms with Gasteiger partial charge in [0.15, 0.2) is 0 Å². The third kappa shape index (κ3) is 2.92. The molecule has 1 atom stereocenters. The molecule has 0 spiro atoms. The summed E-state index contributed by atoms with van der Waals surface area (Å²) in [6.07, 6.45) is 0.978. The molecule has 1 fully saturated rings. The lowest BCUT2D eigenvalue weighted by Gasteiger charge is -2.30. The van der Waals surface area contributed by atoms with Crippen molar-refractivity contribution in [3.05, 3.63) is 22.7 Å². The maximum Gasteiger partial charge on any atom is 0.107 e. The fraction of sp³-hybridized carbons (Fsp3) is 0.500. The third-order valence-electron chi connectivity index (χ3n) is 3.58. The normalized spacial score (nSPS) is 23.2. The van der Waals surface area contributed by atoms with Crippen LogP contribution in [0.5, 0.6) is 0 Å². The average molecular weight is 323 g/mol. The van der Waals surface area contributed by atoms with Gasteiger partial charge in [0, 0.05) is 43.1 Å². The predicted molar refractivity (Wildman–Crippen MR) is 83.4 cm³/mol. The highest BCUT2D eigenvalue weighted by molar-refractivity contribution is 9.10. The number of aliphatic imine (C=N–C) groups is 1.